The molecule has 0 bridgehead atoms. The topological polar surface area (TPSA) is 0 Å². The van der Waals surface area contributed by atoms with Gasteiger partial charge in [0.1, 0.15) is 6.17 Å². The molecule has 0 heterocycles. The van der Waals surface area contributed by atoms with Gasteiger partial charge in [0.2, 0.25) is 0 Å². The Labute approximate surface area is 50.4 Å². The zero-order chi connectivity index (χ0) is 6.57. The molecule has 0 spiro atoms. The van der Waals surface area contributed by atoms with Crippen molar-refractivity contribution in [3.05, 3.63) is 11.6 Å². The number of allylic oxidation sites excluding steroid dienone is 2. The Morgan fingerprint density at radius 3 is 2.38 bits per heavy atom. The van der Waals surface area contributed by atoms with E-state index in [1.165, 1.54) is 0 Å². The van der Waals surface area contributed by atoms with E-state index in [1.54, 1.807) is 13.0 Å². The van der Waals surface area contributed by atoms with Crippen LogP contribution >= 0.6 is 0 Å². The van der Waals surface area contributed by atoms with E-state index in [0.29, 0.717) is 0 Å². The maximum atomic E-state index is 12.1. The lowest BCUT2D eigenvalue weighted by atomic mass is 10.2. The summed E-state index contributed by atoms with van der Waals surface area (Å²) in [6.45, 7) is 5.50. The molecule has 0 aromatic rings. The molecule has 0 aliphatic rings. The molecular weight excluding hydrogens is 103 g/mol. The summed E-state index contributed by atoms with van der Waals surface area (Å²) in [7, 11) is 0. The molecule has 0 aliphatic heterocycles. The number of alkyl halides is 1. The van der Waals surface area contributed by atoms with Crippen LogP contribution in [0.2, 0.25) is 0 Å². The standard InChI is InChI=1S/C7H13F/c1-4-6(2)5-7(3)8/h5,7H,4H2,1-3H3/b6-5-. The second-order valence-electron chi connectivity index (χ2n) is 2.04. The Morgan fingerprint density at radius 1 is 1.75 bits per heavy atom. The summed E-state index contributed by atoms with van der Waals surface area (Å²) in [5, 5.41) is 0. The SMILES string of the molecule is CC/C(C)=C\C(C)F. The van der Waals surface area contributed by atoms with Gasteiger partial charge < -0.3 is 0 Å². The maximum Gasteiger partial charge on any atom is 0.116 e. The number of halogens is 1. The van der Waals surface area contributed by atoms with Crippen LogP contribution in [0.15, 0.2) is 11.6 Å². The highest BCUT2D eigenvalue weighted by molar-refractivity contribution is 4.99. The molecule has 0 saturated carbocycles. The normalized spacial score (nSPS) is 16.2. The Bertz CT molecular complexity index is 82.4. The van der Waals surface area contributed by atoms with Crippen LogP contribution in [0.3, 0.4) is 0 Å². The van der Waals surface area contributed by atoms with E-state index in [1.807, 2.05) is 13.8 Å². The van der Waals surface area contributed by atoms with E-state index in [4.69, 9.17) is 0 Å². The highest BCUT2D eigenvalue weighted by Gasteiger charge is 1.90. The summed E-state index contributed by atoms with van der Waals surface area (Å²) in [6.07, 6.45) is 1.81. The van der Waals surface area contributed by atoms with Gasteiger partial charge in [-0.15, -0.1) is 0 Å². The van der Waals surface area contributed by atoms with Gasteiger partial charge in [0.25, 0.3) is 0 Å². The third kappa shape index (κ3) is 3.85. The van der Waals surface area contributed by atoms with E-state index >= 15 is 0 Å². The summed E-state index contributed by atoms with van der Waals surface area (Å²) < 4.78 is 12.1. The number of rotatable bonds is 2. The Kier molecular flexibility index (Phi) is 3.49. The molecule has 0 fully saturated rings. The summed E-state index contributed by atoms with van der Waals surface area (Å²) in [5.74, 6) is 0. The Morgan fingerprint density at radius 2 is 2.25 bits per heavy atom. The lowest BCUT2D eigenvalue weighted by Crippen LogP contribution is -1.85. The molecule has 0 aromatic heterocycles. The van der Waals surface area contributed by atoms with Crippen molar-refractivity contribution in [1.82, 2.24) is 0 Å². The summed E-state index contributed by atoms with van der Waals surface area (Å²) in [6, 6.07) is 0. The molecule has 0 aliphatic carbocycles. The molecule has 8 heavy (non-hydrogen) atoms. The van der Waals surface area contributed by atoms with Crippen molar-refractivity contribution in [3.63, 3.8) is 0 Å². The molecule has 0 N–H and O–H groups in total. The van der Waals surface area contributed by atoms with Gasteiger partial charge in [-0.1, -0.05) is 18.6 Å². The highest BCUT2D eigenvalue weighted by Crippen LogP contribution is 2.01. The third-order valence-electron chi connectivity index (χ3n) is 1.07. The minimum Gasteiger partial charge on any atom is -0.243 e. The average Bonchev–Trinajstić information content (AvgIpc) is 1.65. The molecule has 1 heteroatoms. The van der Waals surface area contributed by atoms with Crippen LogP contribution in [0.4, 0.5) is 4.39 Å². The van der Waals surface area contributed by atoms with Crippen LogP contribution in [0.5, 0.6) is 0 Å². The summed E-state index contributed by atoms with van der Waals surface area (Å²) in [4.78, 5) is 0. The van der Waals surface area contributed by atoms with E-state index in [0.717, 1.165) is 12.0 Å². The van der Waals surface area contributed by atoms with Gasteiger partial charge in [-0.05, 0) is 20.3 Å². The van der Waals surface area contributed by atoms with Crippen LogP contribution in [0.1, 0.15) is 27.2 Å². The average molecular weight is 116 g/mol. The maximum absolute atomic E-state index is 12.1. The molecule has 0 radical (unpaired) electrons. The predicted molar refractivity (Wildman–Crippen MR) is 34.6 cm³/mol. The number of hydrogen-bond acceptors (Lipinski definition) is 0. The molecular formula is C7H13F. The Balaban J connectivity index is 3.56. The van der Waals surface area contributed by atoms with Gasteiger partial charge in [-0.2, -0.15) is 0 Å². The van der Waals surface area contributed by atoms with E-state index in [9.17, 15) is 4.39 Å². The van der Waals surface area contributed by atoms with Gasteiger partial charge >= 0.3 is 0 Å². The first-order valence-electron chi connectivity index (χ1n) is 2.98. The molecule has 1 unspecified atom stereocenters. The largest absolute Gasteiger partial charge is 0.243 e. The van der Waals surface area contributed by atoms with Gasteiger partial charge in [0, 0.05) is 0 Å². The van der Waals surface area contributed by atoms with Gasteiger partial charge in [0.05, 0.1) is 0 Å². The minimum absolute atomic E-state index is 0.782. The molecule has 0 rings (SSSR count). The van der Waals surface area contributed by atoms with Gasteiger partial charge in [0.15, 0.2) is 0 Å². The lowest BCUT2D eigenvalue weighted by molar-refractivity contribution is 0.428. The van der Waals surface area contributed by atoms with Crippen LogP contribution < -0.4 is 0 Å². The second-order valence-corrected chi connectivity index (χ2v) is 2.04. The fourth-order valence-electron chi connectivity index (χ4n) is 0.510. The lowest BCUT2D eigenvalue weighted by Gasteiger charge is -1.94. The number of hydrogen-bond donors (Lipinski definition) is 0. The van der Waals surface area contributed by atoms with Crippen molar-refractivity contribution in [2.24, 2.45) is 0 Å². The van der Waals surface area contributed by atoms with Gasteiger partial charge in [-0.3, -0.25) is 0 Å². The van der Waals surface area contributed by atoms with Crippen molar-refractivity contribution >= 4 is 0 Å². The highest BCUT2D eigenvalue weighted by atomic mass is 19.1. The summed E-state index contributed by atoms with van der Waals surface area (Å²) >= 11 is 0. The van der Waals surface area contributed by atoms with Crippen molar-refractivity contribution < 1.29 is 4.39 Å². The van der Waals surface area contributed by atoms with Crippen molar-refractivity contribution in [3.8, 4) is 0 Å². The third-order valence-corrected chi connectivity index (χ3v) is 1.07. The molecule has 0 aromatic carbocycles. The predicted octanol–water partition coefficient (Wildman–Crippen LogP) is 2.70. The van der Waals surface area contributed by atoms with E-state index < -0.39 is 6.17 Å². The molecule has 0 amide bonds. The zero-order valence-electron chi connectivity index (χ0n) is 5.74. The fourth-order valence-corrected chi connectivity index (χ4v) is 0.510. The molecule has 0 saturated heterocycles. The quantitative estimate of drug-likeness (QED) is 0.486. The first-order chi connectivity index (χ1) is 3.66. The molecule has 48 valence electrons. The minimum atomic E-state index is -0.782. The molecule has 1 atom stereocenters. The molecule has 0 nitrogen and oxygen atoms in total. The first kappa shape index (κ1) is 7.67. The Hall–Kier alpha value is -0.330. The van der Waals surface area contributed by atoms with Crippen LogP contribution in [0, 0.1) is 0 Å². The van der Waals surface area contributed by atoms with Gasteiger partial charge in [-0.25, -0.2) is 4.39 Å². The van der Waals surface area contributed by atoms with Crippen LogP contribution in [-0.4, -0.2) is 6.17 Å². The van der Waals surface area contributed by atoms with E-state index in [-0.39, 0.29) is 0 Å². The smallest absolute Gasteiger partial charge is 0.116 e. The van der Waals surface area contributed by atoms with Crippen LogP contribution in [-0.2, 0) is 0 Å². The van der Waals surface area contributed by atoms with Crippen molar-refractivity contribution in [2.45, 2.75) is 33.4 Å². The fraction of sp³-hybridized carbons (Fsp3) is 0.714. The first-order valence-corrected chi connectivity index (χ1v) is 2.98. The monoisotopic (exact) mass is 116 g/mol. The zero-order valence-corrected chi connectivity index (χ0v) is 5.74. The van der Waals surface area contributed by atoms with Crippen molar-refractivity contribution in [1.29, 1.82) is 0 Å². The van der Waals surface area contributed by atoms with E-state index in [2.05, 4.69) is 0 Å². The summed E-state index contributed by atoms with van der Waals surface area (Å²) in [5.41, 5.74) is 1.13. The van der Waals surface area contributed by atoms with Crippen molar-refractivity contribution in [2.75, 3.05) is 0 Å². The van der Waals surface area contributed by atoms with Crippen LogP contribution in [0.25, 0.3) is 0 Å². The second kappa shape index (κ2) is 3.65.